The fourth-order valence-electron chi connectivity index (χ4n) is 2.51. The summed E-state index contributed by atoms with van der Waals surface area (Å²) in [5.41, 5.74) is 2.77. The standard InChI is InChI=1S/C18H29NO/c1-4-19-18(13-20-12-16-5-6-16)17-9-7-15(8-10-17)11-14(2)3/h7-10,14,16,18-19H,4-6,11-13H2,1-3H3. The van der Waals surface area contributed by atoms with Crippen molar-refractivity contribution in [3.63, 3.8) is 0 Å². The molecule has 20 heavy (non-hydrogen) atoms. The van der Waals surface area contributed by atoms with Gasteiger partial charge in [0, 0.05) is 6.61 Å². The van der Waals surface area contributed by atoms with Crippen LogP contribution in [0.3, 0.4) is 0 Å². The van der Waals surface area contributed by atoms with Crippen molar-refractivity contribution in [2.45, 2.75) is 46.1 Å². The minimum atomic E-state index is 0.326. The predicted molar refractivity (Wildman–Crippen MR) is 84.9 cm³/mol. The number of hydrogen-bond donors (Lipinski definition) is 1. The largest absolute Gasteiger partial charge is 0.379 e. The van der Waals surface area contributed by atoms with E-state index in [-0.39, 0.29) is 0 Å². The van der Waals surface area contributed by atoms with E-state index in [1.807, 2.05) is 0 Å². The molecule has 0 saturated heterocycles. The lowest BCUT2D eigenvalue weighted by Gasteiger charge is -2.19. The summed E-state index contributed by atoms with van der Waals surface area (Å²) < 4.78 is 5.86. The zero-order valence-electron chi connectivity index (χ0n) is 13.2. The monoisotopic (exact) mass is 275 g/mol. The van der Waals surface area contributed by atoms with Gasteiger partial charge in [0.1, 0.15) is 0 Å². The smallest absolute Gasteiger partial charge is 0.0661 e. The maximum Gasteiger partial charge on any atom is 0.0661 e. The van der Waals surface area contributed by atoms with E-state index in [1.54, 1.807) is 0 Å². The average Bonchev–Trinajstić information content (AvgIpc) is 3.22. The summed E-state index contributed by atoms with van der Waals surface area (Å²) in [6, 6.07) is 9.37. The van der Waals surface area contributed by atoms with E-state index in [1.165, 1.54) is 24.0 Å². The molecule has 2 heteroatoms. The van der Waals surface area contributed by atoms with E-state index >= 15 is 0 Å². The van der Waals surface area contributed by atoms with E-state index < -0.39 is 0 Å². The van der Waals surface area contributed by atoms with Crippen molar-refractivity contribution in [2.24, 2.45) is 11.8 Å². The van der Waals surface area contributed by atoms with Gasteiger partial charge < -0.3 is 10.1 Å². The highest BCUT2D eigenvalue weighted by Crippen LogP contribution is 2.29. The zero-order chi connectivity index (χ0) is 14.4. The maximum absolute atomic E-state index is 5.86. The van der Waals surface area contributed by atoms with Gasteiger partial charge in [0.15, 0.2) is 0 Å². The van der Waals surface area contributed by atoms with Crippen molar-refractivity contribution in [1.29, 1.82) is 0 Å². The second kappa shape index (κ2) is 7.80. The van der Waals surface area contributed by atoms with Gasteiger partial charge in [0.05, 0.1) is 12.6 Å². The Kier molecular flexibility index (Phi) is 6.06. The predicted octanol–water partition coefficient (Wildman–Crippen LogP) is 3.96. The maximum atomic E-state index is 5.86. The van der Waals surface area contributed by atoms with Gasteiger partial charge in [-0.3, -0.25) is 0 Å². The van der Waals surface area contributed by atoms with E-state index in [0.29, 0.717) is 12.0 Å². The summed E-state index contributed by atoms with van der Waals surface area (Å²) in [7, 11) is 0. The van der Waals surface area contributed by atoms with Gasteiger partial charge in [-0.05, 0) is 48.8 Å². The highest BCUT2D eigenvalue weighted by Gasteiger charge is 2.22. The lowest BCUT2D eigenvalue weighted by atomic mass is 9.99. The summed E-state index contributed by atoms with van der Waals surface area (Å²) in [4.78, 5) is 0. The molecule has 2 nitrogen and oxygen atoms in total. The SMILES string of the molecule is CCNC(COCC1CC1)c1ccc(CC(C)C)cc1. The first-order chi connectivity index (χ1) is 9.69. The topological polar surface area (TPSA) is 21.3 Å². The molecule has 0 amide bonds. The molecule has 2 rings (SSSR count). The molecular weight excluding hydrogens is 246 g/mol. The number of benzene rings is 1. The first kappa shape index (κ1) is 15.5. The van der Waals surface area contributed by atoms with Crippen LogP contribution in [0.25, 0.3) is 0 Å². The first-order valence-corrected chi connectivity index (χ1v) is 8.09. The Labute approximate surface area is 123 Å². The van der Waals surface area contributed by atoms with Crippen LogP contribution in [0.5, 0.6) is 0 Å². The quantitative estimate of drug-likeness (QED) is 0.736. The van der Waals surface area contributed by atoms with Crippen LogP contribution in [0, 0.1) is 11.8 Å². The van der Waals surface area contributed by atoms with Gasteiger partial charge in [-0.15, -0.1) is 0 Å². The van der Waals surface area contributed by atoms with Crippen molar-refractivity contribution in [3.8, 4) is 0 Å². The van der Waals surface area contributed by atoms with Gasteiger partial charge in [-0.2, -0.15) is 0 Å². The van der Waals surface area contributed by atoms with Crippen LogP contribution < -0.4 is 5.32 Å². The summed E-state index contributed by atoms with van der Waals surface area (Å²) in [5.74, 6) is 1.55. The average molecular weight is 275 g/mol. The number of hydrogen-bond acceptors (Lipinski definition) is 2. The normalized spacial score (nSPS) is 16.6. The van der Waals surface area contributed by atoms with Crippen LogP contribution >= 0.6 is 0 Å². The van der Waals surface area contributed by atoms with Crippen molar-refractivity contribution in [3.05, 3.63) is 35.4 Å². The Bertz CT molecular complexity index is 381. The van der Waals surface area contributed by atoms with Crippen LogP contribution in [-0.2, 0) is 11.2 Å². The third-order valence-electron chi connectivity index (χ3n) is 3.81. The molecule has 1 aliphatic carbocycles. The fourth-order valence-corrected chi connectivity index (χ4v) is 2.51. The molecular formula is C18H29NO. The molecule has 1 saturated carbocycles. The molecule has 0 aromatic heterocycles. The summed E-state index contributed by atoms with van der Waals surface area (Å²) in [6.45, 7) is 9.38. The summed E-state index contributed by atoms with van der Waals surface area (Å²) in [5, 5.41) is 3.53. The van der Waals surface area contributed by atoms with E-state index in [0.717, 1.165) is 32.1 Å². The van der Waals surface area contributed by atoms with E-state index in [9.17, 15) is 0 Å². The molecule has 112 valence electrons. The third-order valence-corrected chi connectivity index (χ3v) is 3.81. The van der Waals surface area contributed by atoms with Crippen molar-refractivity contribution < 1.29 is 4.74 Å². The van der Waals surface area contributed by atoms with Crippen LogP contribution in [0.1, 0.15) is 50.8 Å². The number of rotatable bonds is 9. The molecule has 1 atom stereocenters. The second-order valence-electron chi connectivity index (χ2n) is 6.43. The lowest BCUT2D eigenvalue weighted by Crippen LogP contribution is -2.25. The zero-order valence-corrected chi connectivity index (χ0v) is 13.2. The van der Waals surface area contributed by atoms with E-state index in [2.05, 4.69) is 50.4 Å². The number of likely N-dealkylation sites (N-methyl/N-ethyl adjacent to an activating group) is 1. The fraction of sp³-hybridized carbons (Fsp3) is 0.667. The molecule has 1 aromatic carbocycles. The second-order valence-corrected chi connectivity index (χ2v) is 6.43. The molecule has 0 bridgehead atoms. The van der Waals surface area contributed by atoms with Crippen LogP contribution in [-0.4, -0.2) is 19.8 Å². The molecule has 1 aromatic rings. The molecule has 0 aliphatic heterocycles. The molecule has 1 unspecified atom stereocenters. The molecule has 1 fully saturated rings. The van der Waals surface area contributed by atoms with Gasteiger partial charge in [-0.1, -0.05) is 45.0 Å². The van der Waals surface area contributed by atoms with Crippen molar-refractivity contribution >= 4 is 0 Å². The summed E-state index contributed by atoms with van der Waals surface area (Å²) >= 11 is 0. The molecule has 1 N–H and O–H groups in total. The van der Waals surface area contributed by atoms with Crippen molar-refractivity contribution in [1.82, 2.24) is 5.32 Å². The number of nitrogens with one attached hydrogen (secondary N) is 1. The summed E-state index contributed by atoms with van der Waals surface area (Å²) in [6.07, 6.45) is 3.87. The van der Waals surface area contributed by atoms with Crippen LogP contribution in [0.4, 0.5) is 0 Å². The highest BCUT2D eigenvalue weighted by atomic mass is 16.5. The molecule has 0 spiro atoms. The van der Waals surface area contributed by atoms with E-state index in [4.69, 9.17) is 4.74 Å². The Hall–Kier alpha value is -0.860. The van der Waals surface area contributed by atoms with Gasteiger partial charge in [-0.25, -0.2) is 0 Å². The number of ether oxygens (including phenoxy) is 1. The Morgan fingerprint density at radius 2 is 1.90 bits per heavy atom. The van der Waals surface area contributed by atoms with Crippen molar-refractivity contribution in [2.75, 3.05) is 19.8 Å². The molecule has 0 heterocycles. The van der Waals surface area contributed by atoms with Gasteiger partial charge in [0.2, 0.25) is 0 Å². The first-order valence-electron chi connectivity index (χ1n) is 8.09. The van der Waals surface area contributed by atoms with Gasteiger partial charge >= 0.3 is 0 Å². The third kappa shape index (κ3) is 5.26. The Balaban J connectivity index is 1.88. The minimum Gasteiger partial charge on any atom is -0.379 e. The molecule has 0 radical (unpaired) electrons. The minimum absolute atomic E-state index is 0.326. The van der Waals surface area contributed by atoms with Crippen LogP contribution in [0.2, 0.25) is 0 Å². The van der Waals surface area contributed by atoms with Crippen LogP contribution in [0.15, 0.2) is 24.3 Å². The van der Waals surface area contributed by atoms with Gasteiger partial charge in [0.25, 0.3) is 0 Å². The Morgan fingerprint density at radius 3 is 2.45 bits per heavy atom. The Morgan fingerprint density at radius 1 is 1.20 bits per heavy atom. The molecule has 1 aliphatic rings. The lowest BCUT2D eigenvalue weighted by molar-refractivity contribution is 0.103. The highest BCUT2D eigenvalue weighted by molar-refractivity contribution is 5.25.